The predicted molar refractivity (Wildman–Crippen MR) is 64.7 cm³/mol. The second-order valence-corrected chi connectivity index (χ2v) is 3.71. The lowest BCUT2D eigenvalue weighted by atomic mass is 10.3. The van der Waals surface area contributed by atoms with Crippen LogP contribution in [0.1, 0.15) is 18.1 Å². The highest BCUT2D eigenvalue weighted by molar-refractivity contribution is 5.20. The molecule has 0 fully saturated rings. The zero-order valence-corrected chi connectivity index (χ0v) is 9.63. The highest BCUT2D eigenvalue weighted by atomic mass is 16.5. The molecule has 1 aromatic heterocycles. The Morgan fingerprint density at radius 1 is 1.24 bits per heavy atom. The van der Waals surface area contributed by atoms with Crippen LogP contribution in [0.4, 0.5) is 0 Å². The van der Waals surface area contributed by atoms with Crippen LogP contribution in [0.5, 0.6) is 5.75 Å². The van der Waals surface area contributed by atoms with Gasteiger partial charge in [0.15, 0.2) is 6.61 Å². The minimum atomic E-state index is 0.354. The molecular formula is C13H16N2O2. The van der Waals surface area contributed by atoms with Crippen LogP contribution in [0.25, 0.3) is 0 Å². The fraction of sp³-hybridized carbons (Fsp3) is 0.308. The van der Waals surface area contributed by atoms with Gasteiger partial charge in [0.1, 0.15) is 11.5 Å². The molecule has 0 bridgehead atoms. The number of aryl methyl sites for hydroxylation is 1. The molecule has 2 N–H and O–H groups in total. The molecule has 2 aromatic rings. The van der Waals surface area contributed by atoms with Gasteiger partial charge in [0.25, 0.3) is 0 Å². The van der Waals surface area contributed by atoms with E-state index in [-0.39, 0.29) is 0 Å². The Balaban J connectivity index is 1.85. The minimum absolute atomic E-state index is 0.354. The Morgan fingerprint density at radius 2 is 2.06 bits per heavy atom. The molecule has 90 valence electrons. The molecule has 1 aromatic carbocycles. The second-order valence-electron chi connectivity index (χ2n) is 3.71. The molecule has 17 heavy (non-hydrogen) atoms. The van der Waals surface area contributed by atoms with Crippen molar-refractivity contribution in [2.45, 2.75) is 19.4 Å². The molecular weight excluding hydrogens is 216 g/mol. The number of oxazole rings is 1. The van der Waals surface area contributed by atoms with E-state index in [2.05, 4.69) is 4.98 Å². The number of nitrogens with zero attached hydrogens (tertiary/aromatic N) is 1. The van der Waals surface area contributed by atoms with Crippen LogP contribution in [0.2, 0.25) is 0 Å². The Bertz CT molecular complexity index is 440. The maximum Gasteiger partial charge on any atom is 0.232 e. The molecule has 1 heterocycles. The number of ether oxygens (including phenoxy) is 1. The first-order chi connectivity index (χ1) is 8.38. The largest absolute Gasteiger partial charge is 0.484 e. The van der Waals surface area contributed by atoms with Crippen molar-refractivity contribution in [3.05, 3.63) is 48.2 Å². The van der Waals surface area contributed by atoms with Crippen LogP contribution >= 0.6 is 0 Å². The molecule has 0 unspecified atom stereocenters. The smallest absolute Gasteiger partial charge is 0.232 e. The summed E-state index contributed by atoms with van der Waals surface area (Å²) < 4.78 is 11.0. The Morgan fingerprint density at radius 3 is 2.82 bits per heavy atom. The van der Waals surface area contributed by atoms with Crippen LogP contribution in [-0.4, -0.2) is 11.5 Å². The maximum absolute atomic E-state index is 5.53. The van der Waals surface area contributed by atoms with Gasteiger partial charge in [0, 0.05) is 6.42 Å². The highest BCUT2D eigenvalue weighted by Gasteiger charge is 2.04. The van der Waals surface area contributed by atoms with Crippen molar-refractivity contribution in [3.8, 4) is 5.75 Å². The molecule has 0 aliphatic heterocycles. The minimum Gasteiger partial charge on any atom is -0.484 e. The van der Waals surface area contributed by atoms with Crippen molar-refractivity contribution < 1.29 is 9.15 Å². The van der Waals surface area contributed by atoms with Crippen molar-refractivity contribution in [2.24, 2.45) is 5.73 Å². The average Bonchev–Trinajstić information content (AvgIpc) is 2.83. The summed E-state index contributed by atoms with van der Waals surface area (Å²) in [5.41, 5.74) is 5.43. The first-order valence-electron chi connectivity index (χ1n) is 5.70. The van der Waals surface area contributed by atoms with Crippen molar-refractivity contribution >= 4 is 0 Å². The van der Waals surface area contributed by atoms with E-state index in [1.165, 1.54) is 0 Å². The van der Waals surface area contributed by atoms with Crippen molar-refractivity contribution in [3.63, 3.8) is 0 Å². The van der Waals surface area contributed by atoms with Gasteiger partial charge in [-0.1, -0.05) is 18.2 Å². The first-order valence-corrected chi connectivity index (χ1v) is 5.70. The molecule has 4 nitrogen and oxygen atoms in total. The fourth-order valence-electron chi connectivity index (χ4n) is 1.47. The van der Waals surface area contributed by atoms with E-state index in [1.54, 1.807) is 6.20 Å². The van der Waals surface area contributed by atoms with E-state index in [9.17, 15) is 0 Å². The fourth-order valence-corrected chi connectivity index (χ4v) is 1.47. The number of nitrogens with two attached hydrogens (primary N) is 1. The predicted octanol–water partition coefficient (Wildman–Crippen LogP) is 2.14. The molecule has 0 radical (unpaired) electrons. The highest BCUT2D eigenvalue weighted by Crippen LogP contribution is 2.12. The third kappa shape index (κ3) is 3.60. The molecule has 0 spiro atoms. The van der Waals surface area contributed by atoms with E-state index in [0.717, 1.165) is 24.4 Å². The Labute approximate surface area is 100 Å². The number of rotatable bonds is 6. The van der Waals surface area contributed by atoms with Gasteiger partial charge in [-0.05, 0) is 25.1 Å². The molecule has 0 amide bonds. The Kier molecular flexibility index (Phi) is 4.16. The average molecular weight is 232 g/mol. The van der Waals surface area contributed by atoms with Crippen molar-refractivity contribution in [1.82, 2.24) is 4.98 Å². The van der Waals surface area contributed by atoms with Gasteiger partial charge in [0.2, 0.25) is 5.89 Å². The van der Waals surface area contributed by atoms with Crippen LogP contribution in [0, 0.1) is 0 Å². The quantitative estimate of drug-likeness (QED) is 0.829. The zero-order valence-electron chi connectivity index (χ0n) is 9.63. The monoisotopic (exact) mass is 232 g/mol. The lowest BCUT2D eigenvalue weighted by Gasteiger charge is -2.02. The molecule has 0 aliphatic rings. The van der Waals surface area contributed by atoms with Crippen LogP contribution < -0.4 is 10.5 Å². The summed E-state index contributed by atoms with van der Waals surface area (Å²) in [6.45, 7) is 1.02. The maximum atomic E-state index is 5.53. The number of benzene rings is 1. The number of hydrogen-bond donors (Lipinski definition) is 1. The van der Waals surface area contributed by atoms with Crippen molar-refractivity contribution in [2.75, 3.05) is 6.54 Å². The summed E-state index contributed by atoms with van der Waals surface area (Å²) in [7, 11) is 0. The zero-order chi connectivity index (χ0) is 11.9. The topological polar surface area (TPSA) is 61.3 Å². The van der Waals surface area contributed by atoms with E-state index in [0.29, 0.717) is 19.0 Å². The van der Waals surface area contributed by atoms with E-state index < -0.39 is 0 Å². The van der Waals surface area contributed by atoms with Crippen LogP contribution in [-0.2, 0) is 13.0 Å². The van der Waals surface area contributed by atoms with E-state index in [1.807, 2.05) is 30.3 Å². The SMILES string of the molecule is NCCCc1cnc(COc2ccccc2)o1. The molecule has 0 saturated heterocycles. The van der Waals surface area contributed by atoms with Crippen LogP contribution in [0.15, 0.2) is 40.9 Å². The summed E-state index contributed by atoms with van der Waals surface area (Å²) in [6.07, 6.45) is 3.47. The molecule has 0 saturated carbocycles. The van der Waals surface area contributed by atoms with Gasteiger partial charge in [-0.25, -0.2) is 4.98 Å². The van der Waals surface area contributed by atoms with Gasteiger partial charge < -0.3 is 14.9 Å². The molecule has 0 atom stereocenters. The number of hydrogen-bond acceptors (Lipinski definition) is 4. The van der Waals surface area contributed by atoms with E-state index in [4.69, 9.17) is 14.9 Å². The number of aromatic nitrogens is 1. The summed E-state index contributed by atoms with van der Waals surface area (Å²) in [6, 6.07) is 9.61. The van der Waals surface area contributed by atoms with Gasteiger partial charge in [-0.15, -0.1) is 0 Å². The lowest BCUT2D eigenvalue weighted by Crippen LogP contribution is -1.99. The lowest BCUT2D eigenvalue weighted by molar-refractivity contribution is 0.258. The summed E-state index contributed by atoms with van der Waals surface area (Å²) in [4.78, 5) is 4.15. The summed E-state index contributed by atoms with van der Waals surface area (Å²) in [5.74, 6) is 2.28. The van der Waals surface area contributed by atoms with Crippen molar-refractivity contribution in [1.29, 1.82) is 0 Å². The second kappa shape index (κ2) is 6.06. The normalized spacial score (nSPS) is 10.4. The van der Waals surface area contributed by atoms with E-state index >= 15 is 0 Å². The van der Waals surface area contributed by atoms with Gasteiger partial charge in [0.05, 0.1) is 6.20 Å². The first kappa shape index (κ1) is 11.7. The standard InChI is InChI=1S/C13H16N2O2/c14-8-4-7-12-9-15-13(17-12)10-16-11-5-2-1-3-6-11/h1-3,5-6,9H,4,7-8,10,14H2. The van der Waals surface area contributed by atoms with Gasteiger partial charge in [-0.3, -0.25) is 0 Å². The Hall–Kier alpha value is -1.81. The third-order valence-corrected chi connectivity index (χ3v) is 2.33. The van der Waals surface area contributed by atoms with Crippen LogP contribution in [0.3, 0.4) is 0 Å². The molecule has 0 aliphatic carbocycles. The molecule has 4 heteroatoms. The molecule has 2 rings (SSSR count). The summed E-state index contributed by atoms with van der Waals surface area (Å²) in [5, 5.41) is 0. The van der Waals surface area contributed by atoms with Gasteiger partial charge in [-0.2, -0.15) is 0 Å². The summed E-state index contributed by atoms with van der Waals surface area (Å²) >= 11 is 0. The number of para-hydroxylation sites is 1. The van der Waals surface area contributed by atoms with Gasteiger partial charge >= 0.3 is 0 Å². The third-order valence-electron chi connectivity index (χ3n) is 2.33.